The Morgan fingerprint density at radius 1 is 0.444 bits per heavy atom. The summed E-state index contributed by atoms with van der Waals surface area (Å²) in [6, 6.07) is 57.2. The van der Waals surface area contributed by atoms with E-state index < -0.39 is 0 Å². The SMILES string of the molecule is Cc1cccc(/C=C(/Cc2ccc(-c3ccc(C/C=C(\Cc4ccccc4)c4cccc(C)c4)cc3)cc2)c2ccccc2)c1. The second-order valence-electron chi connectivity index (χ2n) is 12.0. The van der Waals surface area contributed by atoms with Crippen molar-refractivity contribution in [1.82, 2.24) is 0 Å². The van der Waals surface area contributed by atoms with E-state index in [0.29, 0.717) is 0 Å². The summed E-state index contributed by atoms with van der Waals surface area (Å²) in [5.74, 6) is 0. The Balaban J connectivity index is 1.17. The standard InChI is InChI=1S/C45H40/c1-34-11-9-15-39(29-34)33-45(40-16-7-4-8-17-40)32-38-22-26-42(27-23-38)41-24-19-36(20-25-41)21-28-44(31-37-13-5-3-6-14-37)43-18-10-12-35(2)30-43/h3-20,22-30,33H,21,31-32H2,1-2H3/b44-28+,45-33-. The fraction of sp³-hybridized carbons (Fsp3) is 0.111. The zero-order valence-corrected chi connectivity index (χ0v) is 26.3. The number of hydrogen-bond acceptors (Lipinski definition) is 0. The highest BCUT2D eigenvalue weighted by atomic mass is 14.1. The number of hydrogen-bond donors (Lipinski definition) is 0. The highest BCUT2D eigenvalue weighted by Crippen LogP contribution is 2.27. The molecule has 6 rings (SSSR count). The third kappa shape index (κ3) is 8.25. The molecule has 0 aliphatic heterocycles. The number of benzene rings is 6. The maximum atomic E-state index is 2.40. The lowest BCUT2D eigenvalue weighted by atomic mass is 9.94. The van der Waals surface area contributed by atoms with Crippen molar-refractivity contribution < 1.29 is 0 Å². The van der Waals surface area contributed by atoms with Gasteiger partial charge in [-0.15, -0.1) is 0 Å². The van der Waals surface area contributed by atoms with Gasteiger partial charge in [0.15, 0.2) is 0 Å². The van der Waals surface area contributed by atoms with E-state index in [1.54, 1.807) is 0 Å². The molecule has 0 nitrogen and oxygen atoms in total. The monoisotopic (exact) mass is 580 g/mol. The lowest BCUT2D eigenvalue weighted by Crippen LogP contribution is -1.94. The van der Waals surface area contributed by atoms with Gasteiger partial charge in [0.25, 0.3) is 0 Å². The van der Waals surface area contributed by atoms with Crippen LogP contribution in [-0.4, -0.2) is 0 Å². The summed E-state index contributed by atoms with van der Waals surface area (Å²) in [5.41, 5.74) is 15.5. The fourth-order valence-electron chi connectivity index (χ4n) is 5.91. The summed E-state index contributed by atoms with van der Waals surface area (Å²) < 4.78 is 0. The molecule has 0 aromatic heterocycles. The Morgan fingerprint density at radius 3 is 1.62 bits per heavy atom. The van der Waals surface area contributed by atoms with Crippen LogP contribution in [0.25, 0.3) is 28.3 Å². The summed E-state index contributed by atoms with van der Waals surface area (Å²) in [6.07, 6.45) is 7.45. The molecule has 0 aliphatic carbocycles. The van der Waals surface area contributed by atoms with Gasteiger partial charge in [0.2, 0.25) is 0 Å². The summed E-state index contributed by atoms with van der Waals surface area (Å²) in [5, 5.41) is 0. The van der Waals surface area contributed by atoms with Crippen molar-refractivity contribution >= 4 is 17.2 Å². The van der Waals surface area contributed by atoms with E-state index in [4.69, 9.17) is 0 Å². The second-order valence-corrected chi connectivity index (χ2v) is 12.0. The summed E-state index contributed by atoms with van der Waals surface area (Å²) in [7, 11) is 0. The molecule has 0 radical (unpaired) electrons. The first-order chi connectivity index (χ1) is 22.1. The Morgan fingerprint density at radius 2 is 0.978 bits per heavy atom. The van der Waals surface area contributed by atoms with Gasteiger partial charge in [-0.2, -0.15) is 0 Å². The van der Waals surface area contributed by atoms with Crippen molar-refractivity contribution in [3.05, 3.63) is 208 Å². The second kappa shape index (κ2) is 14.5. The van der Waals surface area contributed by atoms with Crippen molar-refractivity contribution in [1.29, 1.82) is 0 Å². The van der Waals surface area contributed by atoms with Crippen molar-refractivity contribution in [2.24, 2.45) is 0 Å². The predicted octanol–water partition coefficient (Wildman–Crippen LogP) is 11.6. The molecule has 0 saturated heterocycles. The zero-order chi connectivity index (χ0) is 30.8. The van der Waals surface area contributed by atoms with Crippen LogP contribution >= 0.6 is 0 Å². The minimum atomic E-state index is 0.885. The highest BCUT2D eigenvalue weighted by Gasteiger charge is 2.07. The smallest absolute Gasteiger partial charge is 0.00196 e. The molecule has 0 heteroatoms. The molecule has 0 atom stereocenters. The lowest BCUT2D eigenvalue weighted by molar-refractivity contribution is 1.22. The van der Waals surface area contributed by atoms with E-state index in [0.717, 1.165) is 19.3 Å². The van der Waals surface area contributed by atoms with Crippen LogP contribution in [0.5, 0.6) is 0 Å². The molecule has 0 bridgehead atoms. The summed E-state index contributed by atoms with van der Waals surface area (Å²) >= 11 is 0. The summed E-state index contributed by atoms with van der Waals surface area (Å²) in [6.45, 7) is 4.32. The highest BCUT2D eigenvalue weighted by molar-refractivity contribution is 5.83. The van der Waals surface area contributed by atoms with Gasteiger partial charge in [0.05, 0.1) is 0 Å². The largest absolute Gasteiger partial charge is 0.0760 e. The fourth-order valence-corrected chi connectivity index (χ4v) is 5.91. The Kier molecular flexibility index (Phi) is 9.63. The van der Waals surface area contributed by atoms with Gasteiger partial charge in [-0.25, -0.2) is 0 Å². The molecule has 45 heavy (non-hydrogen) atoms. The Labute approximate surface area is 269 Å². The maximum absolute atomic E-state index is 2.40. The van der Waals surface area contributed by atoms with Gasteiger partial charge < -0.3 is 0 Å². The van der Waals surface area contributed by atoms with Crippen LogP contribution in [0.3, 0.4) is 0 Å². The van der Waals surface area contributed by atoms with E-state index in [9.17, 15) is 0 Å². The van der Waals surface area contributed by atoms with E-state index in [1.165, 1.54) is 66.8 Å². The molecule has 0 spiro atoms. The topological polar surface area (TPSA) is 0 Å². The number of aryl methyl sites for hydroxylation is 2. The van der Waals surface area contributed by atoms with Crippen molar-refractivity contribution in [3.63, 3.8) is 0 Å². The third-order valence-corrected chi connectivity index (χ3v) is 8.37. The average Bonchev–Trinajstić information content (AvgIpc) is 3.08. The van der Waals surface area contributed by atoms with Gasteiger partial charge >= 0.3 is 0 Å². The molecule has 0 amide bonds. The molecule has 0 saturated carbocycles. The first-order valence-electron chi connectivity index (χ1n) is 15.9. The average molecular weight is 581 g/mol. The van der Waals surface area contributed by atoms with Crippen LogP contribution in [0, 0.1) is 13.8 Å². The van der Waals surface area contributed by atoms with Crippen molar-refractivity contribution in [2.45, 2.75) is 33.1 Å². The van der Waals surface area contributed by atoms with Crippen LogP contribution in [0.4, 0.5) is 0 Å². The van der Waals surface area contributed by atoms with Gasteiger partial charge in [-0.1, -0.05) is 181 Å². The molecule has 0 fully saturated rings. The van der Waals surface area contributed by atoms with E-state index in [1.807, 2.05) is 0 Å². The van der Waals surface area contributed by atoms with Gasteiger partial charge in [0, 0.05) is 0 Å². The minimum absolute atomic E-state index is 0.885. The lowest BCUT2D eigenvalue weighted by Gasteiger charge is -2.11. The van der Waals surface area contributed by atoms with Gasteiger partial charge in [-0.3, -0.25) is 0 Å². The molecule has 0 N–H and O–H groups in total. The van der Waals surface area contributed by atoms with E-state index in [2.05, 4.69) is 184 Å². The molecular formula is C45H40. The number of allylic oxidation sites excluding steroid dienone is 3. The van der Waals surface area contributed by atoms with Crippen LogP contribution in [0.15, 0.2) is 164 Å². The number of rotatable bonds is 10. The predicted molar refractivity (Wildman–Crippen MR) is 194 cm³/mol. The molecular weight excluding hydrogens is 540 g/mol. The Hall–Kier alpha value is -5.20. The normalized spacial score (nSPS) is 11.9. The van der Waals surface area contributed by atoms with Crippen LogP contribution in [0.2, 0.25) is 0 Å². The third-order valence-electron chi connectivity index (χ3n) is 8.37. The van der Waals surface area contributed by atoms with Crippen LogP contribution < -0.4 is 0 Å². The molecule has 0 aliphatic rings. The molecule has 220 valence electrons. The van der Waals surface area contributed by atoms with Gasteiger partial charge in [-0.05, 0) is 88.8 Å². The van der Waals surface area contributed by atoms with Crippen molar-refractivity contribution in [2.75, 3.05) is 0 Å². The van der Waals surface area contributed by atoms with Crippen LogP contribution in [-0.2, 0) is 19.3 Å². The van der Waals surface area contributed by atoms with Crippen LogP contribution in [0.1, 0.15) is 44.5 Å². The van der Waals surface area contributed by atoms with E-state index >= 15 is 0 Å². The summed E-state index contributed by atoms with van der Waals surface area (Å²) in [4.78, 5) is 0. The quantitative estimate of drug-likeness (QED) is 0.141. The first-order valence-corrected chi connectivity index (χ1v) is 15.9. The molecule has 0 unspecified atom stereocenters. The van der Waals surface area contributed by atoms with Gasteiger partial charge in [0.1, 0.15) is 0 Å². The first kappa shape index (κ1) is 29.9. The van der Waals surface area contributed by atoms with Crippen molar-refractivity contribution in [3.8, 4) is 11.1 Å². The minimum Gasteiger partial charge on any atom is -0.0760 e. The molecule has 0 heterocycles. The molecule has 6 aromatic carbocycles. The Bertz CT molecular complexity index is 1890. The maximum Gasteiger partial charge on any atom is -0.00196 e. The van der Waals surface area contributed by atoms with E-state index in [-0.39, 0.29) is 0 Å². The molecule has 6 aromatic rings. The zero-order valence-electron chi connectivity index (χ0n) is 26.3.